The van der Waals surface area contributed by atoms with E-state index in [0.29, 0.717) is 36.4 Å². The van der Waals surface area contributed by atoms with Crippen molar-refractivity contribution in [3.8, 4) is 5.75 Å². The fourth-order valence-electron chi connectivity index (χ4n) is 2.48. The van der Waals surface area contributed by atoms with Gasteiger partial charge >= 0.3 is 0 Å². The number of hydrogen-bond donors (Lipinski definition) is 2. The highest BCUT2D eigenvalue weighted by Gasteiger charge is 2.31. The molecule has 20 heavy (non-hydrogen) atoms. The molecule has 1 aromatic carbocycles. The Morgan fingerprint density at radius 1 is 1.60 bits per heavy atom. The molecule has 1 heterocycles. The molecule has 6 heteroatoms. The van der Waals surface area contributed by atoms with Crippen LogP contribution in [0.4, 0.5) is 4.39 Å². The maximum atomic E-state index is 14.4. The van der Waals surface area contributed by atoms with E-state index in [1.165, 1.54) is 6.07 Å². The highest BCUT2D eigenvalue weighted by Crippen LogP contribution is 2.39. The zero-order valence-electron chi connectivity index (χ0n) is 11.2. The molecule has 2 rings (SSSR count). The highest BCUT2D eigenvalue weighted by molar-refractivity contribution is 6.31. The van der Waals surface area contributed by atoms with Gasteiger partial charge in [-0.2, -0.15) is 0 Å². The van der Waals surface area contributed by atoms with Crippen LogP contribution in [0.1, 0.15) is 30.4 Å². The summed E-state index contributed by atoms with van der Waals surface area (Å²) >= 11 is 5.92. The first kappa shape index (κ1) is 15.1. The number of amides is 1. The SMILES string of the molecule is CCOc1c(CCO)cc(Cl)c(F)c1C1CNC(=O)C1. The Bertz CT molecular complexity index is 522. The Morgan fingerprint density at radius 2 is 2.35 bits per heavy atom. The first-order chi connectivity index (χ1) is 9.58. The largest absolute Gasteiger partial charge is 0.493 e. The summed E-state index contributed by atoms with van der Waals surface area (Å²) in [7, 11) is 0. The van der Waals surface area contributed by atoms with Gasteiger partial charge in [0.2, 0.25) is 5.91 Å². The predicted molar refractivity (Wildman–Crippen MR) is 73.7 cm³/mol. The molecule has 0 aliphatic carbocycles. The number of rotatable bonds is 5. The quantitative estimate of drug-likeness (QED) is 0.875. The molecule has 1 aromatic rings. The van der Waals surface area contributed by atoms with E-state index in [9.17, 15) is 9.18 Å². The molecule has 1 saturated heterocycles. The van der Waals surface area contributed by atoms with Gasteiger partial charge < -0.3 is 15.2 Å². The van der Waals surface area contributed by atoms with Crippen molar-refractivity contribution in [1.82, 2.24) is 5.32 Å². The monoisotopic (exact) mass is 301 g/mol. The van der Waals surface area contributed by atoms with Crippen LogP contribution >= 0.6 is 11.6 Å². The molecule has 2 N–H and O–H groups in total. The average molecular weight is 302 g/mol. The number of halogens is 2. The maximum Gasteiger partial charge on any atom is 0.220 e. The molecule has 0 radical (unpaired) electrons. The van der Waals surface area contributed by atoms with Crippen LogP contribution in [-0.4, -0.2) is 30.8 Å². The molecule has 1 aliphatic rings. The normalized spacial score (nSPS) is 18.2. The molecule has 0 saturated carbocycles. The fraction of sp³-hybridized carbons (Fsp3) is 0.500. The van der Waals surface area contributed by atoms with Crippen LogP contribution in [0.5, 0.6) is 5.75 Å². The summed E-state index contributed by atoms with van der Waals surface area (Å²) in [6, 6.07) is 1.48. The zero-order chi connectivity index (χ0) is 14.7. The molecule has 1 aliphatic heterocycles. The predicted octanol–water partition coefficient (Wildman–Crippen LogP) is 2.02. The van der Waals surface area contributed by atoms with E-state index in [2.05, 4.69) is 5.32 Å². The highest BCUT2D eigenvalue weighted by atomic mass is 35.5. The smallest absolute Gasteiger partial charge is 0.220 e. The van der Waals surface area contributed by atoms with Crippen LogP contribution in [0.15, 0.2) is 6.07 Å². The molecular weight excluding hydrogens is 285 g/mol. The lowest BCUT2D eigenvalue weighted by molar-refractivity contribution is -0.119. The Kier molecular flexibility index (Phi) is 4.83. The molecule has 1 atom stereocenters. The van der Waals surface area contributed by atoms with Gasteiger partial charge in [-0.05, 0) is 25.0 Å². The number of aliphatic hydroxyl groups excluding tert-OH is 1. The molecule has 1 unspecified atom stereocenters. The first-order valence-corrected chi connectivity index (χ1v) is 6.97. The molecule has 4 nitrogen and oxygen atoms in total. The first-order valence-electron chi connectivity index (χ1n) is 6.59. The van der Waals surface area contributed by atoms with Crippen LogP contribution in [-0.2, 0) is 11.2 Å². The molecule has 1 amide bonds. The summed E-state index contributed by atoms with van der Waals surface area (Å²) in [5, 5.41) is 11.8. The van der Waals surface area contributed by atoms with Crippen LogP contribution < -0.4 is 10.1 Å². The minimum atomic E-state index is -0.543. The van der Waals surface area contributed by atoms with E-state index < -0.39 is 5.82 Å². The maximum absolute atomic E-state index is 14.4. The van der Waals surface area contributed by atoms with E-state index >= 15 is 0 Å². The summed E-state index contributed by atoms with van der Waals surface area (Å²) in [6.07, 6.45) is 0.548. The van der Waals surface area contributed by atoms with Gasteiger partial charge in [0.25, 0.3) is 0 Å². The molecule has 0 bridgehead atoms. The third-order valence-corrected chi connectivity index (χ3v) is 3.61. The van der Waals surface area contributed by atoms with Gasteiger partial charge in [-0.3, -0.25) is 4.79 Å². The number of aliphatic hydroxyl groups is 1. The molecule has 110 valence electrons. The number of hydrogen-bond acceptors (Lipinski definition) is 3. The number of carbonyl (C=O) groups is 1. The Balaban J connectivity index is 2.52. The summed E-state index contributed by atoms with van der Waals surface area (Å²) in [4.78, 5) is 11.4. The number of nitrogens with one attached hydrogen (secondary N) is 1. The second-order valence-electron chi connectivity index (χ2n) is 4.69. The van der Waals surface area contributed by atoms with Crippen molar-refractivity contribution in [2.45, 2.75) is 25.7 Å². The van der Waals surface area contributed by atoms with Gasteiger partial charge in [-0.25, -0.2) is 4.39 Å². The Labute approximate surface area is 121 Å². The fourth-order valence-corrected chi connectivity index (χ4v) is 2.71. The lowest BCUT2D eigenvalue weighted by atomic mass is 9.93. The number of benzene rings is 1. The molecule has 1 fully saturated rings. The lowest BCUT2D eigenvalue weighted by Crippen LogP contribution is -2.14. The van der Waals surface area contributed by atoms with Crippen LogP contribution in [0.2, 0.25) is 5.02 Å². The lowest BCUT2D eigenvalue weighted by Gasteiger charge is -2.19. The van der Waals surface area contributed by atoms with Crippen molar-refractivity contribution in [1.29, 1.82) is 0 Å². The minimum absolute atomic E-state index is 0.00810. The Morgan fingerprint density at radius 3 is 2.90 bits per heavy atom. The van der Waals surface area contributed by atoms with E-state index in [4.69, 9.17) is 21.4 Å². The summed E-state index contributed by atoms with van der Waals surface area (Å²) < 4.78 is 19.9. The second kappa shape index (κ2) is 6.41. The van der Waals surface area contributed by atoms with Gasteiger partial charge in [0.1, 0.15) is 11.6 Å². The molecule has 0 spiro atoms. The summed E-state index contributed by atoms with van der Waals surface area (Å²) in [5.41, 5.74) is 0.997. The van der Waals surface area contributed by atoms with Gasteiger partial charge in [-0.1, -0.05) is 11.6 Å². The third kappa shape index (κ3) is 2.88. The topological polar surface area (TPSA) is 58.6 Å². The van der Waals surface area contributed by atoms with E-state index in [-0.39, 0.29) is 29.9 Å². The molecule has 0 aromatic heterocycles. The van der Waals surface area contributed by atoms with Crippen molar-refractivity contribution in [2.24, 2.45) is 0 Å². The van der Waals surface area contributed by atoms with Crippen molar-refractivity contribution in [2.75, 3.05) is 19.8 Å². The van der Waals surface area contributed by atoms with Gasteiger partial charge in [-0.15, -0.1) is 0 Å². The standard InChI is InChI=1S/C14H17ClFNO3/c1-2-20-14-8(3-4-18)5-10(15)13(16)12(14)9-6-11(19)17-7-9/h5,9,18H,2-4,6-7H2,1H3,(H,17,19). The Hall–Kier alpha value is -1.33. The van der Waals surface area contributed by atoms with E-state index in [1.807, 2.05) is 0 Å². The van der Waals surface area contributed by atoms with Gasteiger partial charge in [0, 0.05) is 31.1 Å². The zero-order valence-corrected chi connectivity index (χ0v) is 12.0. The second-order valence-corrected chi connectivity index (χ2v) is 5.09. The van der Waals surface area contributed by atoms with E-state index in [0.717, 1.165) is 0 Å². The average Bonchev–Trinajstić information content (AvgIpc) is 2.82. The van der Waals surface area contributed by atoms with Crippen LogP contribution in [0.25, 0.3) is 0 Å². The third-order valence-electron chi connectivity index (χ3n) is 3.34. The van der Waals surface area contributed by atoms with Crippen LogP contribution in [0.3, 0.4) is 0 Å². The van der Waals surface area contributed by atoms with Crippen molar-refractivity contribution < 1.29 is 19.0 Å². The van der Waals surface area contributed by atoms with Crippen molar-refractivity contribution >= 4 is 17.5 Å². The summed E-state index contributed by atoms with van der Waals surface area (Å²) in [6.45, 7) is 2.47. The van der Waals surface area contributed by atoms with Crippen LogP contribution in [0, 0.1) is 5.82 Å². The number of ether oxygens (including phenoxy) is 1. The van der Waals surface area contributed by atoms with Crippen molar-refractivity contribution in [3.63, 3.8) is 0 Å². The van der Waals surface area contributed by atoms with Gasteiger partial charge in [0.05, 0.1) is 11.6 Å². The molecular formula is C14H17ClFNO3. The minimum Gasteiger partial charge on any atom is -0.493 e. The number of carbonyl (C=O) groups excluding carboxylic acids is 1. The van der Waals surface area contributed by atoms with Gasteiger partial charge in [0.15, 0.2) is 0 Å². The van der Waals surface area contributed by atoms with E-state index in [1.54, 1.807) is 6.92 Å². The summed E-state index contributed by atoms with van der Waals surface area (Å²) in [5.74, 6) is -0.538. The van der Waals surface area contributed by atoms with Crippen molar-refractivity contribution in [3.05, 3.63) is 28.0 Å².